The van der Waals surface area contributed by atoms with Gasteiger partial charge < -0.3 is 14.3 Å². The molecule has 124 valence electrons. The first kappa shape index (κ1) is 15.2. The molecule has 0 unspecified atom stereocenters. The maximum absolute atomic E-state index is 12.3. The number of amides is 1. The van der Waals surface area contributed by atoms with E-state index in [0.29, 0.717) is 12.1 Å². The summed E-state index contributed by atoms with van der Waals surface area (Å²) in [7, 11) is 0. The van der Waals surface area contributed by atoms with Gasteiger partial charge >= 0.3 is 0 Å². The van der Waals surface area contributed by atoms with Crippen molar-refractivity contribution >= 4 is 11.6 Å². The van der Waals surface area contributed by atoms with Crippen molar-refractivity contribution < 1.29 is 4.79 Å². The van der Waals surface area contributed by atoms with Crippen LogP contribution in [0, 0.1) is 6.92 Å². The molecule has 25 heavy (non-hydrogen) atoms. The Balaban J connectivity index is 1.45. The Morgan fingerprint density at radius 3 is 2.52 bits per heavy atom. The van der Waals surface area contributed by atoms with Crippen LogP contribution >= 0.6 is 0 Å². The zero-order chi connectivity index (χ0) is 17.2. The average molecular weight is 330 g/mol. The van der Waals surface area contributed by atoms with E-state index in [1.54, 1.807) is 0 Å². The maximum Gasteiger partial charge on any atom is 0.251 e. The Morgan fingerprint density at radius 2 is 1.80 bits per heavy atom. The van der Waals surface area contributed by atoms with Crippen molar-refractivity contribution in [2.75, 3.05) is 0 Å². The molecule has 0 atom stereocenters. The summed E-state index contributed by atoms with van der Waals surface area (Å²) in [6.45, 7) is 2.43. The SMILES string of the molecule is Cc1cccn2cc(CNC(=O)c3ccc(-n4cccc4)cc3)nc12. The molecule has 0 aliphatic carbocycles. The van der Waals surface area contributed by atoms with Gasteiger partial charge in [-0.15, -0.1) is 0 Å². The smallest absolute Gasteiger partial charge is 0.251 e. The Kier molecular flexibility index (Phi) is 3.82. The normalized spacial score (nSPS) is 10.9. The van der Waals surface area contributed by atoms with Gasteiger partial charge in [0.05, 0.1) is 12.2 Å². The summed E-state index contributed by atoms with van der Waals surface area (Å²) in [5.41, 5.74) is 4.53. The minimum atomic E-state index is -0.104. The summed E-state index contributed by atoms with van der Waals surface area (Å²) < 4.78 is 3.98. The molecule has 0 radical (unpaired) electrons. The number of aromatic nitrogens is 3. The predicted octanol–water partition coefficient (Wildman–Crippen LogP) is 3.36. The van der Waals surface area contributed by atoms with Gasteiger partial charge in [-0.1, -0.05) is 6.07 Å². The van der Waals surface area contributed by atoms with Crippen molar-refractivity contribution in [2.45, 2.75) is 13.5 Å². The number of carbonyl (C=O) groups excluding carboxylic acids is 1. The second-order valence-corrected chi connectivity index (χ2v) is 5.97. The van der Waals surface area contributed by atoms with Gasteiger partial charge in [0.15, 0.2) is 0 Å². The van der Waals surface area contributed by atoms with Gasteiger partial charge in [-0.2, -0.15) is 0 Å². The monoisotopic (exact) mass is 330 g/mol. The van der Waals surface area contributed by atoms with Crippen LogP contribution in [0.15, 0.2) is 73.3 Å². The van der Waals surface area contributed by atoms with Crippen LogP contribution in [0.4, 0.5) is 0 Å². The number of pyridine rings is 1. The average Bonchev–Trinajstić information content (AvgIpc) is 3.30. The van der Waals surface area contributed by atoms with Crippen LogP contribution in [0.1, 0.15) is 21.6 Å². The lowest BCUT2D eigenvalue weighted by atomic mass is 10.2. The summed E-state index contributed by atoms with van der Waals surface area (Å²) in [5.74, 6) is -0.104. The summed E-state index contributed by atoms with van der Waals surface area (Å²) >= 11 is 0. The lowest BCUT2D eigenvalue weighted by Crippen LogP contribution is -2.22. The lowest BCUT2D eigenvalue weighted by molar-refractivity contribution is 0.0950. The highest BCUT2D eigenvalue weighted by molar-refractivity contribution is 5.94. The van der Waals surface area contributed by atoms with Crippen molar-refractivity contribution in [3.05, 3.63) is 90.1 Å². The van der Waals surface area contributed by atoms with Crippen LogP contribution in [0.25, 0.3) is 11.3 Å². The number of nitrogens with zero attached hydrogens (tertiary/aromatic N) is 3. The Bertz CT molecular complexity index is 1010. The molecule has 3 heterocycles. The summed E-state index contributed by atoms with van der Waals surface area (Å²) in [6.07, 6.45) is 7.85. The maximum atomic E-state index is 12.3. The fourth-order valence-electron chi connectivity index (χ4n) is 2.85. The number of fused-ring (bicyclic) bond motifs is 1. The number of imidazole rings is 1. The molecule has 4 rings (SSSR count). The van der Waals surface area contributed by atoms with Crippen molar-refractivity contribution in [2.24, 2.45) is 0 Å². The largest absolute Gasteiger partial charge is 0.346 e. The van der Waals surface area contributed by atoms with Gasteiger partial charge in [0.25, 0.3) is 5.91 Å². The summed E-state index contributed by atoms with van der Waals surface area (Å²) in [6, 6.07) is 15.5. The van der Waals surface area contributed by atoms with Crippen molar-refractivity contribution in [3.8, 4) is 5.69 Å². The second kappa shape index (κ2) is 6.28. The summed E-state index contributed by atoms with van der Waals surface area (Å²) in [5, 5.41) is 2.93. The van der Waals surface area contributed by atoms with Gasteiger partial charge in [0, 0.05) is 36.0 Å². The number of rotatable bonds is 4. The van der Waals surface area contributed by atoms with Gasteiger partial charge in [-0.25, -0.2) is 4.98 Å². The van der Waals surface area contributed by atoms with E-state index in [4.69, 9.17) is 0 Å². The zero-order valence-electron chi connectivity index (χ0n) is 13.9. The van der Waals surface area contributed by atoms with Crippen molar-refractivity contribution in [1.82, 2.24) is 19.3 Å². The number of nitrogens with one attached hydrogen (secondary N) is 1. The van der Waals surface area contributed by atoms with E-state index >= 15 is 0 Å². The van der Waals surface area contributed by atoms with Gasteiger partial charge in [0.2, 0.25) is 0 Å². The highest BCUT2D eigenvalue weighted by Crippen LogP contribution is 2.12. The van der Waals surface area contributed by atoms with E-state index < -0.39 is 0 Å². The Labute approximate surface area is 145 Å². The van der Waals surface area contributed by atoms with Crippen LogP contribution in [0.5, 0.6) is 0 Å². The molecule has 0 fully saturated rings. The molecule has 5 heteroatoms. The van der Waals surface area contributed by atoms with Crippen molar-refractivity contribution in [1.29, 1.82) is 0 Å². The molecule has 0 aliphatic rings. The molecule has 1 amide bonds. The molecule has 5 nitrogen and oxygen atoms in total. The summed E-state index contributed by atoms with van der Waals surface area (Å²) in [4.78, 5) is 16.9. The third kappa shape index (κ3) is 3.04. The lowest BCUT2D eigenvalue weighted by Gasteiger charge is -2.06. The van der Waals surface area contributed by atoms with Crippen LogP contribution in [0.3, 0.4) is 0 Å². The molecule has 0 saturated carbocycles. The molecule has 0 saturated heterocycles. The van der Waals surface area contributed by atoms with E-state index in [1.807, 2.05) is 89.2 Å². The van der Waals surface area contributed by atoms with E-state index in [1.165, 1.54) is 0 Å². The number of benzene rings is 1. The molecular formula is C20H18N4O. The van der Waals surface area contributed by atoms with Gasteiger partial charge in [0.1, 0.15) is 5.65 Å². The minimum absolute atomic E-state index is 0.104. The molecule has 1 aromatic carbocycles. The first-order valence-electron chi connectivity index (χ1n) is 8.15. The van der Waals surface area contributed by atoms with E-state index in [9.17, 15) is 4.79 Å². The predicted molar refractivity (Wildman–Crippen MR) is 96.9 cm³/mol. The van der Waals surface area contributed by atoms with Crippen LogP contribution in [-0.4, -0.2) is 19.9 Å². The fourth-order valence-corrected chi connectivity index (χ4v) is 2.85. The fraction of sp³-hybridized carbons (Fsp3) is 0.100. The third-order valence-electron chi connectivity index (χ3n) is 4.19. The molecular weight excluding hydrogens is 312 g/mol. The van der Waals surface area contributed by atoms with Gasteiger partial charge in [-0.05, 0) is 55.0 Å². The van der Waals surface area contributed by atoms with Crippen LogP contribution in [0.2, 0.25) is 0 Å². The topological polar surface area (TPSA) is 51.3 Å². The van der Waals surface area contributed by atoms with E-state index in [2.05, 4.69) is 10.3 Å². The molecule has 0 aliphatic heterocycles. The number of carbonyl (C=O) groups is 1. The van der Waals surface area contributed by atoms with E-state index in [-0.39, 0.29) is 5.91 Å². The number of hydrogen-bond donors (Lipinski definition) is 1. The number of aryl methyl sites for hydroxylation is 1. The molecule has 0 spiro atoms. The Hall–Kier alpha value is -3.34. The Morgan fingerprint density at radius 1 is 1.04 bits per heavy atom. The van der Waals surface area contributed by atoms with Crippen LogP contribution in [-0.2, 0) is 6.54 Å². The zero-order valence-corrected chi connectivity index (χ0v) is 13.9. The standard InChI is InChI=1S/C20H18N4O/c1-15-5-4-12-24-14-17(22-19(15)24)13-21-20(25)16-6-8-18(9-7-16)23-10-2-3-11-23/h2-12,14H,13H2,1H3,(H,21,25). The van der Waals surface area contributed by atoms with Crippen molar-refractivity contribution in [3.63, 3.8) is 0 Å². The molecule has 0 bridgehead atoms. The minimum Gasteiger partial charge on any atom is -0.346 e. The number of hydrogen-bond acceptors (Lipinski definition) is 2. The first-order valence-corrected chi connectivity index (χ1v) is 8.15. The highest BCUT2D eigenvalue weighted by Gasteiger charge is 2.08. The molecule has 3 aromatic heterocycles. The molecule has 4 aromatic rings. The van der Waals surface area contributed by atoms with Gasteiger partial charge in [-0.3, -0.25) is 4.79 Å². The molecule has 1 N–H and O–H groups in total. The second-order valence-electron chi connectivity index (χ2n) is 5.97. The third-order valence-corrected chi connectivity index (χ3v) is 4.19. The van der Waals surface area contributed by atoms with Crippen LogP contribution < -0.4 is 5.32 Å². The van der Waals surface area contributed by atoms with E-state index in [0.717, 1.165) is 22.6 Å². The quantitative estimate of drug-likeness (QED) is 0.624. The first-order chi connectivity index (χ1) is 12.2. The highest BCUT2D eigenvalue weighted by atomic mass is 16.1.